The van der Waals surface area contributed by atoms with Crippen LogP contribution in [-0.4, -0.2) is 59.5 Å². The zero-order valence-electron chi connectivity index (χ0n) is 12.3. The van der Waals surface area contributed by atoms with Crippen molar-refractivity contribution in [2.45, 2.75) is 18.9 Å². The average Bonchev–Trinajstić information content (AvgIpc) is 2.47. The van der Waals surface area contributed by atoms with Crippen LogP contribution in [0, 0.1) is 0 Å². The van der Waals surface area contributed by atoms with Gasteiger partial charge in [-0.25, -0.2) is 0 Å². The molecule has 1 aliphatic heterocycles. The van der Waals surface area contributed by atoms with Crippen LogP contribution in [0.25, 0.3) is 0 Å². The second kappa shape index (κ2) is 7.31. The zero-order valence-corrected chi connectivity index (χ0v) is 13.8. The molecule has 22 heavy (non-hydrogen) atoms. The lowest BCUT2D eigenvalue weighted by molar-refractivity contribution is -0.133. The van der Waals surface area contributed by atoms with Crippen LogP contribution in [0.3, 0.4) is 0 Å². The third-order valence-corrected chi connectivity index (χ3v) is 4.25. The number of aliphatic hydroxyl groups excluding tert-OH is 1. The van der Waals surface area contributed by atoms with E-state index in [4.69, 9.17) is 23.2 Å². The Balaban J connectivity index is 1.97. The molecule has 7 heteroatoms. The number of benzene rings is 1. The largest absolute Gasteiger partial charge is 0.393 e. The van der Waals surface area contributed by atoms with Crippen molar-refractivity contribution in [3.8, 4) is 0 Å². The molecule has 1 aromatic carbocycles. The standard InChI is InChI=1S/C15H18Cl2N2O3/c1-18(9-14(21)19-6-4-11(20)5-7-19)15(22)12-3-2-10(16)8-13(12)17/h2-3,8,11,20H,4-7,9H2,1H3. The minimum Gasteiger partial charge on any atom is -0.393 e. The number of rotatable bonds is 3. The van der Waals surface area contributed by atoms with Gasteiger partial charge in [0.25, 0.3) is 5.91 Å². The van der Waals surface area contributed by atoms with Crippen LogP contribution in [0.5, 0.6) is 0 Å². The molecule has 0 radical (unpaired) electrons. The van der Waals surface area contributed by atoms with Crippen LogP contribution in [0.2, 0.25) is 10.0 Å². The maximum absolute atomic E-state index is 12.3. The molecule has 120 valence electrons. The predicted molar refractivity (Wildman–Crippen MR) is 85.2 cm³/mol. The van der Waals surface area contributed by atoms with E-state index in [0.717, 1.165) is 0 Å². The summed E-state index contributed by atoms with van der Waals surface area (Å²) in [4.78, 5) is 27.5. The van der Waals surface area contributed by atoms with Gasteiger partial charge in [0.15, 0.2) is 0 Å². The Morgan fingerprint density at radius 1 is 1.32 bits per heavy atom. The number of piperidine rings is 1. The molecule has 5 nitrogen and oxygen atoms in total. The summed E-state index contributed by atoms with van der Waals surface area (Å²) in [6.07, 6.45) is 0.815. The van der Waals surface area contributed by atoms with Gasteiger partial charge in [-0.1, -0.05) is 23.2 Å². The van der Waals surface area contributed by atoms with E-state index < -0.39 is 0 Å². The fourth-order valence-corrected chi connectivity index (χ4v) is 2.85. The highest BCUT2D eigenvalue weighted by Crippen LogP contribution is 2.22. The molecular formula is C15H18Cl2N2O3. The molecule has 0 bridgehead atoms. The summed E-state index contributed by atoms with van der Waals surface area (Å²) < 4.78 is 0. The number of aliphatic hydroxyl groups is 1. The zero-order chi connectivity index (χ0) is 16.3. The molecule has 1 aromatic rings. The number of amides is 2. The molecule has 0 atom stereocenters. The first-order valence-corrected chi connectivity index (χ1v) is 7.80. The van der Waals surface area contributed by atoms with Crippen LogP contribution in [-0.2, 0) is 4.79 Å². The summed E-state index contributed by atoms with van der Waals surface area (Å²) in [5.41, 5.74) is 0.315. The number of carbonyl (C=O) groups excluding carboxylic acids is 2. The lowest BCUT2D eigenvalue weighted by Gasteiger charge is -2.31. The average molecular weight is 345 g/mol. The normalized spacial score (nSPS) is 15.7. The third-order valence-electron chi connectivity index (χ3n) is 3.70. The third kappa shape index (κ3) is 4.12. The minimum atomic E-state index is -0.337. The Morgan fingerprint density at radius 2 is 1.95 bits per heavy atom. The highest BCUT2D eigenvalue weighted by molar-refractivity contribution is 6.36. The highest BCUT2D eigenvalue weighted by Gasteiger charge is 2.24. The maximum Gasteiger partial charge on any atom is 0.255 e. The smallest absolute Gasteiger partial charge is 0.255 e. The number of hydrogen-bond donors (Lipinski definition) is 1. The molecule has 1 heterocycles. The topological polar surface area (TPSA) is 60.9 Å². The van der Waals surface area contributed by atoms with E-state index in [9.17, 15) is 14.7 Å². The Bertz CT molecular complexity index is 572. The van der Waals surface area contributed by atoms with Gasteiger partial charge in [0.2, 0.25) is 5.91 Å². The summed E-state index contributed by atoms with van der Waals surface area (Å²) in [7, 11) is 1.56. The summed E-state index contributed by atoms with van der Waals surface area (Å²) >= 11 is 11.8. The van der Waals surface area contributed by atoms with Crippen LogP contribution < -0.4 is 0 Å². The molecule has 0 saturated carbocycles. The lowest BCUT2D eigenvalue weighted by Crippen LogP contribution is -2.45. The first-order valence-electron chi connectivity index (χ1n) is 7.05. The lowest BCUT2D eigenvalue weighted by atomic mass is 10.1. The van der Waals surface area contributed by atoms with E-state index in [1.54, 1.807) is 24.1 Å². The number of likely N-dealkylation sites (N-methyl/N-ethyl adjacent to an activating group) is 1. The molecule has 2 amide bonds. The van der Waals surface area contributed by atoms with Crippen molar-refractivity contribution in [3.63, 3.8) is 0 Å². The first-order chi connectivity index (χ1) is 10.4. The molecular weight excluding hydrogens is 327 g/mol. The SMILES string of the molecule is CN(CC(=O)N1CCC(O)CC1)C(=O)c1ccc(Cl)cc1Cl. The second-order valence-corrected chi connectivity index (χ2v) is 6.24. The van der Waals surface area contributed by atoms with Crippen molar-refractivity contribution in [2.75, 3.05) is 26.7 Å². The van der Waals surface area contributed by atoms with Crippen LogP contribution in [0.1, 0.15) is 23.2 Å². The molecule has 0 unspecified atom stereocenters. The Morgan fingerprint density at radius 3 is 2.55 bits per heavy atom. The van der Waals surface area contributed by atoms with E-state index in [-0.39, 0.29) is 29.5 Å². The molecule has 1 fully saturated rings. The van der Waals surface area contributed by atoms with Gasteiger partial charge in [0.05, 0.1) is 23.2 Å². The Kier molecular flexibility index (Phi) is 5.67. The molecule has 2 rings (SSSR count). The van der Waals surface area contributed by atoms with Gasteiger partial charge in [-0.15, -0.1) is 0 Å². The van der Waals surface area contributed by atoms with Crippen LogP contribution in [0.15, 0.2) is 18.2 Å². The van der Waals surface area contributed by atoms with Crippen LogP contribution >= 0.6 is 23.2 Å². The minimum absolute atomic E-state index is 0.0200. The first kappa shape index (κ1) is 17.1. The van der Waals surface area contributed by atoms with Crippen molar-refractivity contribution >= 4 is 35.0 Å². The Hall–Kier alpha value is -1.30. The van der Waals surface area contributed by atoms with E-state index in [1.165, 1.54) is 11.0 Å². The number of nitrogens with zero attached hydrogens (tertiary/aromatic N) is 2. The van der Waals surface area contributed by atoms with Gasteiger partial charge in [0, 0.05) is 25.2 Å². The number of carbonyl (C=O) groups is 2. The molecule has 0 aliphatic carbocycles. The number of hydrogen-bond acceptors (Lipinski definition) is 3. The van der Waals surface area contributed by atoms with Gasteiger partial charge in [-0.05, 0) is 31.0 Å². The van der Waals surface area contributed by atoms with Gasteiger partial charge in [-0.3, -0.25) is 9.59 Å². The molecule has 1 aliphatic rings. The van der Waals surface area contributed by atoms with Gasteiger partial charge in [-0.2, -0.15) is 0 Å². The molecule has 0 aromatic heterocycles. The van der Waals surface area contributed by atoms with Crippen LogP contribution in [0.4, 0.5) is 0 Å². The predicted octanol–water partition coefficient (Wildman–Crippen LogP) is 2.05. The number of likely N-dealkylation sites (tertiary alicyclic amines) is 1. The van der Waals surface area contributed by atoms with Crippen molar-refractivity contribution in [3.05, 3.63) is 33.8 Å². The van der Waals surface area contributed by atoms with Crippen molar-refractivity contribution in [1.82, 2.24) is 9.80 Å². The van der Waals surface area contributed by atoms with Crippen molar-refractivity contribution in [1.29, 1.82) is 0 Å². The monoisotopic (exact) mass is 344 g/mol. The summed E-state index contributed by atoms with van der Waals surface area (Å²) in [6, 6.07) is 4.63. The van der Waals surface area contributed by atoms with Crippen molar-refractivity contribution in [2.24, 2.45) is 0 Å². The molecule has 1 N–H and O–H groups in total. The fraction of sp³-hybridized carbons (Fsp3) is 0.467. The maximum atomic E-state index is 12.3. The van der Waals surface area contributed by atoms with E-state index in [2.05, 4.69) is 0 Å². The van der Waals surface area contributed by atoms with Crippen molar-refractivity contribution < 1.29 is 14.7 Å². The molecule has 1 saturated heterocycles. The molecule has 0 spiro atoms. The van der Waals surface area contributed by atoms with Gasteiger partial charge >= 0.3 is 0 Å². The highest BCUT2D eigenvalue weighted by atomic mass is 35.5. The van der Waals surface area contributed by atoms with E-state index in [1.807, 2.05) is 0 Å². The van der Waals surface area contributed by atoms with Gasteiger partial charge in [0.1, 0.15) is 0 Å². The summed E-state index contributed by atoms with van der Waals surface area (Å²) in [5.74, 6) is -0.458. The van der Waals surface area contributed by atoms with E-state index in [0.29, 0.717) is 36.5 Å². The summed E-state index contributed by atoms with van der Waals surface area (Å²) in [6.45, 7) is 1.02. The summed E-state index contributed by atoms with van der Waals surface area (Å²) in [5, 5.41) is 10.2. The van der Waals surface area contributed by atoms with E-state index >= 15 is 0 Å². The quantitative estimate of drug-likeness (QED) is 0.912. The second-order valence-electron chi connectivity index (χ2n) is 5.40. The Labute approximate surface area is 139 Å². The number of halogens is 2. The van der Waals surface area contributed by atoms with Gasteiger partial charge < -0.3 is 14.9 Å². The fourth-order valence-electron chi connectivity index (χ4n) is 2.36.